The Morgan fingerprint density at radius 2 is 1.38 bits per heavy atom. The topological polar surface area (TPSA) is 50.4 Å². The summed E-state index contributed by atoms with van der Waals surface area (Å²) in [7, 11) is 1.63. The van der Waals surface area contributed by atoms with Gasteiger partial charge in [-0.2, -0.15) is 0 Å². The molecular formula is C17H20N2O2. The second-order valence-corrected chi connectivity index (χ2v) is 4.87. The number of carbonyl (C=O) groups is 1. The molecule has 0 fully saturated rings. The molecule has 4 heteroatoms. The summed E-state index contributed by atoms with van der Waals surface area (Å²) in [5.74, 6) is 0.808. The van der Waals surface area contributed by atoms with Crippen LogP contribution in [0.1, 0.15) is 16.7 Å². The lowest BCUT2D eigenvalue weighted by atomic mass is 10.1. The number of nitrogens with one attached hydrogen (secondary N) is 2. The van der Waals surface area contributed by atoms with Crippen LogP contribution in [-0.2, 0) is 13.1 Å². The number of benzene rings is 2. The maximum absolute atomic E-state index is 11.7. The molecule has 0 aromatic heterocycles. The molecule has 21 heavy (non-hydrogen) atoms. The summed E-state index contributed by atoms with van der Waals surface area (Å²) in [6.45, 7) is 3.05. The maximum Gasteiger partial charge on any atom is 0.315 e. The van der Waals surface area contributed by atoms with Crippen LogP contribution in [0.25, 0.3) is 0 Å². The summed E-state index contributed by atoms with van der Waals surface area (Å²) < 4.78 is 5.09. The zero-order valence-electron chi connectivity index (χ0n) is 12.3. The highest BCUT2D eigenvalue weighted by Gasteiger charge is 2.01. The molecular weight excluding hydrogens is 264 g/mol. The number of ether oxygens (including phenoxy) is 1. The van der Waals surface area contributed by atoms with Crippen LogP contribution in [0.5, 0.6) is 5.75 Å². The van der Waals surface area contributed by atoms with Crippen molar-refractivity contribution >= 4 is 6.03 Å². The second kappa shape index (κ2) is 7.33. The Bertz CT molecular complexity index is 577. The van der Waals surface area contributed by atoms with E-state index in [1.807, 2.05) is 55.5 Å². The van der Waals surface area contributed by atoms with Crippen LogP contribution in [-0.4, -0.2) is 13.1 Å². The van der Waals surface area contributed by atoms with E-state index in [1.165, 1.54) is 5.56 Å². The molecule has 0 spiro atoms. The van der Waals surface area contributed by atoms with E-state index in [-0.39, 0.29) is 6.03 Å². The van der Waals surface area contributed by atoms with Crippen LogP contribution >= 0.6 is 0 Å². The highest BCUT2D eigenvalue weighted by Crippen LogP contribution is 2.10. The van der Waals surface area contributed by atoms with E-state index in [2.05, 4.69) is 10.6 Å². The lowest BCUT2D eigenvalue weighted by Crippen LogP contribution is -2.34. The minimum atomic E-state index is -0.175. The standard InChI is InChI=1S/C17H20N2O2/c1-13-3-5-14(6-4-13)11-18-17(20)19-12-15-7-9-16(21-2)10-8-15/h3-10H,11-12H2,1-2H3,(H2,18,19,20). The van der Waals surface area contributed by atoms with Gasteiger partial charge in [-0.1, -0.05) is 42.0 Å². The van der Waals surface area contributed by atoms with Crippen molar-refractivity contribution in [3.8, 4) is 5.75 Å². The minimum Gasteiger partial charge on any atom is -0.497 e. The quantitative estimate of drug-likeness (QED) is 0.886. The molecule has 0 aliphatic heterocycles. The number of amides is 2. The largest absolute Gasteiger partial charge is 0.497 e. The van der Waals surface area contributed by atoms with Gasteiger partial charge in [0.25, 0.3) is 0 Å². The molecule has 0 saturated carbocycles. The average Bonchev–Trinajstić information content (AvgIpc) is 2.53. The van der Waals surface area contributed by atoms with Crippen molar-refractivity contribution in [1.82, 2.24) is 10.6 Å². The lowest BCUT2D eigenvalue weighted by Gasteiger charge is -2.08. The normalized spacial score (nSPS) is 10.0. The predicted molar refractivity (Wildman–Crippen MR) is 83.2 cm³/mol. The van der Waals surface area contributed by atoms with Crippen LogP contribution in [0.4, 0.5) is 4.79 Å². The molecule has 2 aromatic carbocycles. The van der Waals surface area contributed by atoms with E-state index in [1.54, 1.807) is 7.11 Å². The van der Waals surface area contributed by atoms with Crippen LogP contribution in [0.3, 0.4) is 0 Å². The van der Waals surface area contributed by atoms with Gasteiger partial charge in [-0.15, -0.1) is 0 Å². The molecule has 4 nitrogen and oxygen atoms in total. The Balaban J connectivity index is 1.75. The van der Waals surface area contributed by atoms with E-state index in [4.69, 9.17) is 4.74 Å². The third kappa shape index (κ3) is 4.84. The summed E-state index contributed by atoms with van der Waals surface area (Å²) in [5.41, 5.74) is 3.32. The van der Waals surface area contributed by atoms with E-state index >= 15 is 0 Å². The Hall–Kier alpha value is -2.49. The molecule has 0 atom stereocenters. The number of hydrogen-bond donors (Lipinski definition) is 2. The predicted octanol–water partition coefficient (Wildman–Crippen LogP) is 3.00. The molecule has 0 bridgehead atoms. The van der Waals surface area contributed by atoms with Crippen molar-refractivity contribution in [2.75, 3.05) is 7.11 Å². The van der Waals surface area contributed by atoms with Crippen LogP contribution < -0.4 is 15.4 Å². The van der Waals surface area contributed by atoms with Gasteiger partial charge in [-0.05, 0) is 30.2 Å². The summed E-state index contributed by atoms with van der Waals surface area (Å²) in [6.07, 6.45) is 0. The minimum absolute atomic E-state index is 0.175. The third-order valence-electron chi connectivity index (χ3n) is 3.19. The third-order valence-corrected chi connectivity index (χ3v) is 3.19. The second-order valence-electron chi connectivity index (χ2n) is 4.87. The van der Waals surface area contributed by atoms with Gasteiger partial charge in [-0.3, -0.25) is 0 Å². The van der Waals surface area contributed by atoms with Crippen LogP contribution in [0, 0.1) is 6.92 Å². The van der Waals surface area contributed by atoms with Crippen LogP contribution in [0.2, 0.25) is 0 Å². The van der Waals surface area contributed by atoms with E-state index in [9.17, 15) is 4.79 Å². The van der Waals surface area contributed by atoms with Crippen molar-refractivity contribution in [2.45, 2.75) is 20.0 Å². The number of rotatable bonds is 5. The van der Waals surface area contributed by atoms with Crippen molar-refractivity contribution in [3.63, 3.8) is 0 Å². The molecule has 2 rings (SSSR count). The number of carbonyl (C=O) groups excluding carboxylic acids is 1. The van der Waals surface area contributed by atoms with Gasteiger partial charge in [0.05, 0.1) is 7.11 Å². The molecule has 110 valence electrons. The van der Waals surface area contributed by atoms with Crippen molar-refractivity contribution in [2.24, 2.45) is 0 Å². The highest BCUT2D eigenvalue weighted by atomic mass is 16.5. The number of aryl methyl sites for hydroxylation is 1. The van der Waals surface area contributed by atoms with Crippen molar-refractivity contribution < 1.29 is 9.53 Å². The van der Waals surface area contributed by atoms with Gasteiger partial charge in [0.1, 0.15) is 5.75 Å². The molecule has 0 radical (unpaired) electrons. The lowest BCUT2D eigenvalue weighted by molar-refractivity contribution is 0.240. The van der Waals surface area contributed by atoms with E-state index in [0.717, 1.165) is 16.9 Å². The maximum atomic E-state index is 11.7. The number of hydrogen-bond acceptors (Lipinski definition) is 2. The van der Waals surface area contributed by atoms with Gasteiger partial charge in [0.2, 0.25) is 0 Å². The summed E-state index contributed by atoms with van der Waals surface area (Å²) in [5, 5.41) is 5.66. The highest BCUT2D eigenvalue weighted by molar-refractivity contribution is 5.73. The molecule has 0 heterocycles. The average molecular weight is 284 g/mol. The first kappa shape index (κ1) is 14.9. The Morgan fingerprint density at radius 3 is 1.86 bits per heavy atom. The SMILES string of the molecule is COc1ccc(CNC(=O)NCc2ccc(C)cc2)cc1. The summed E-state index contributed by atoms with van der Waals surface area (Å²) in [4.78, 5) is 11.7. The molecule has 2 N–H and O–H groups in total. The van der Waals surface area contributed by atoms with Crippen molar-refractivity contribution in [1.29, 1.82) is 0 Å². The first-order valence-electron chi connectivity index (χ1n) is 6.87. The van der Waals surface area contributed by atoms with E-state index < -0.39 is 0 Å². The van der Waals surface area contributed by atoms with Gasteiger partial charge in [0.15, 0.2) is 0 Å². The molecule has 0 aliphatic carbocycles. The van der Waals surface area contributed by atoms with Crippen molar-refractivity contribution in [3.05, 3.63) is 65.2 Å². The van der Waals surface area contributed by atoms with Gasteiger partial charge in [0, 0.05) is 13.1 Å². The van der Waals surface area contributed by atoms with Gasteiger partial charge in [-0.25, -0.2) is 4.79 Å². The monoisotopic (exact) mass is 284 g/mol. The zero-order valence-corrected chi connectivity index (χ0v) is 12.3. The van der Waals surface area contributed by atoms with Gasteiger partial charge < -0.3 is 15.4 Å². The fraction of sp³-hybridized carbons (Fsp3) is 0.235. The summed E-state index contributed by atoms with van der Waals surface area (Å²) in [6, 6.07) is 15.5. The smallest absolute Gasteiger partial charge is 0.315 e. The first-order chi connectivity index (χ1) is 10.2. The Morgan fingerprint density at radius 1 is 0.905 bits per heavy atom. The van der Waals surface area contributed by atoms with Gasteiger partial charge >= 0.3 is 6.03 Å². The molecule has 2 amide bonds. The number of methoxy groups -OCH3 is 1. The fourth-order valence-corrected chi connectivity index (χ4v) is 1.88. The zero-order chi connectivity index (χ0) is 15.1. The Labute approximate surface area is 125 Å². The van der Waals surface area contributed by atoms with E-state index in [0.29, 0.717) is 13.1 Å². The molecule has 0 unspecified atom stereocenters. The molecule has 0 saturated heterocycles. The van der Waals surface area contributed by atoms with Crippen LogP contribution in [0.15, 0.2) is 48.5 Å². The molecule has 2 aromatic rings. The Kier molecular flexibility index (Phi) is 5.21. The number of urea groups is 1. The fourth-order valence-electron chi connectivity index (χ4n) is 1.88. The summed E-state index contributed by atoms with van der Waals surface area (Å²) >= 11 is 0. The molecule has 0 aliphatic rings. The first-order valence-corrected chi connectivity index (χ1v) is 6.87.